The molecule has 10 heteroatoms. The van der Waals surface area contributed by atoms with E-state index in [1.165, 1.54) is 6.92 Å². The number of carboxylic acid groups (broad SMARTS) is 1. The standard InChI is InChI=1S/C16H21N3O7/c1-9(20)13(15(24)18-11(14(17)23)7-12(21)22)19-16(25)26-8-10-5-3-2-4-6-10/h2-6,9,11,13,20H,7-8H2,1H3,(H2,17,23)(H,18,24)(H,19,25)(H,21,22)/t9-,11+,13+/m1/s1. The minimum Gasteiger partial charge on any atom is -0.481 e. The number of hydrogen-bond acceptors (Lipinski definition) is 6. The van der Waals surface area contributed by atoms with Crippen molar-refractivity contribution in [3.8, 4) is 0 Å². The number of amides is 3. The summed E-state index contributed by atoms with van der Waals surface area (Å²) < 4.78 is 4.95. The average molecular weight is 367 g/mol. The van der Waals surface area contributed by atoms with Gasteiger partial charge >= 0.3 is 12.1 Å². The number of aliphatic hydroxyl groups excluding tert-OH is 1. The van der Waals surface area contributed by atoms with E-state index in [0.29, 0.717) is 0 Å². The summed E-state index contributed by atoms with van der Waals surface area (Å²) in [7, 11) is 0. The summed E-state index contributed by atoms with van der Waals surface area (Å²) >= 11 is 0. The molecule has 0 spiro atoms. The molecule has 0 heterocycles. The largest absolute Gasteiger partial charge is 0.481 e. The Labute approximate surface area is 149 Å². The number of nitrogens with two attached hydrogens (primary N) is 1. The van der Waals surface area contributed by atoms with Gasteiger partial charge in [0.2, 0.25) is 11.8 Å². The molecule has 26 heavy (non-hydrogen) atoms. The van der Waals surface area contributed by atoms with E-state index in [1.54, 1.807) is 30.3 Å². The third kappa shape index (κ3) is 7.18. The molecule has 0 unspecified atom stereocenters. The Hall–Kier alpha value is -3.14. The fraction of sp³-hybridized carbons (Fsp3) is 0.375. The lowest BCUT2D eigenvalue weighted by Crippen LogP contribution is -2.57. The van der Waals surface area contributed by atoms with E-state index in [1.807, 2.05) is 0 Å². The van der Waals surface area contributed by atoms with Crippen LogP contribution in [0, 0.1) is 0 Å². The van der Waals surface area contributed by atoms with Gasteiger partial charge in [0.25, 0.3) is 0 Å². The molecule has 0 saturated carbocycles. The highest BCUT2D eigenvalue weighted by atomic mass is 16.5. The predicted molar refractivity (Wildman–Crippen MR) is 88.6 cm³/mol. The van der Waals surface area contributed by atoms with Gasteiger partial charge in [-0.25, -0.2) is 4.79 Å². The Balaban J connectivity index is 2.65. The number of carbonyl (C=O) groups excluding carboxylic acids is 3. The molecule has 0 fully saturated rings. The predicted octanol–water partition coefficient (Wildman–Crippen LogP) is -0.893. The average Bonchev–Trinajstić information content (AvgIpc) is 2.57. The van der Waals surface area contributed by atoms with Crippen LogP contribution in [0.1, 0.15) is 18.9 Å². The maximum absolute atomic E-state index is 12.1. The summed E-state index contributed by atoms with van der Waals surface area (Å²) in [5, 5.41) is 22.7. The second-order valence-electron chi connectivity index (χ2n) is 5.49. The van der Waals surface area contributed by atoms with Gasteiger partial charge < -0.3 is 31.3 Å². The SMILES string of the molecule is C[C@@H](O)[C@H](NC(=O)OCc1ccccc1)C(=O)N[C@@H](CC(=O)O)C(N)=O. The highest BCUT2D eigenvalue weighted by Crippen LogP contribution is 2.02. The van der Waals surface area contributed by atoms with Crippen LogP contribution >= 0.6 is 0 Å². The number of aliphatic hydroxyl groups is 1. The quantitative estimate of drug-likeness (QED) is 0.377. The Morgan fingerprint density at radius 3 is 2.27 bits per heavy atom. The van der Waals surface area contributed by atoms with Gasteiger partial charge in [-0.1, -0.05) is 30.3 Å². The molecule has 10 nitrogen and oxygen atoms in total. The fourth-order valence-electron chi connectivity index (χ4n) is 1.96. The maximum atomic E-state index is 12.1. The van der Waals surface area contributed by atoms with Crippen LogP contribution in [0.4, 0.5) is 4.79 Å². The number of nitrogens with one attached hydrogen (secondary N) is 2. The third-order valence-corrected chi connectivity index (χ3v) is 3.29. The molecule has 0 saturated heterocycles. The van der Waals surface area contributed by atoms with Gasteiger partial charge in [0.05, 0.1) is 12.5 Å². The smallest absolute Gasteiger partial charge is 0.408 e. The number of ether oxygens (including phenoxy) is 1. The maximum Gasteiger partial charge on any atom is 0.408 e. The number of hydrogen-bond donors (Lipinski definition) is 5. The molecular weight excluding hydrogens is 346 g/mol. The molecule has 0 aliphatic rings. The number of carbonyl (C=O) groups is 4. The van der Waals surface area contributed by atoms with Crippen molar-refractivity contribution in [2.75, 3.05) is 0 Å². The highest BCUT2D eigenvalue weighted by Gasteiger charge is 2.30. The zero-order valence-electron chi connectivity index (χ0n) is 14.0. The second-order valence-corrected chi connectivity index (χ2v) is 5.49. The number of alkyl carbamates (subject to hydrolysis) is 1. The zero-order valence-corrected chi connectivity index (χ0v) is 14.0. The van der Waals surface area contributed by atoms with Crippen LogP contribution in [-0.4, -0.2) is 52.3 Å². The van der Waals surface area contributed by atoms with Gasteiger partial charge in [-0.15, -0.1) is 0 Å². The van der Waals surface area contributed by atoms with E-state index >= 15 is 0 Å². The van der Waals surface area contributed by atoms with Crippen molar-refractivity contribution in [2.24, 2.45) is 5.73 Å². The van der Waals surface area contributed by atoms with E-state index < -0.39 is 48.5 Å². The molecule has 1 aromatic carbocycles. The van der Waals surface area contributed by atoms with Crippen molar-refractivity contribution in [3.05, 3.63) is 35.9 Å². The Morgan fingerprint density at radius 1 is 1.15 bits per heavy atom. The van der Waals surface area contributed by atoms with E-state index in [-0.39, 0.29) is 6.61 Å². The topological polar surface area (TPSA) is 168 Å². The summed E-state index contributed by atoms with van der Waals surface area (Å²) in [6.07, 6.45) is -3.03. The third-order valence-electron chi connectivity index (χ3n) is 3.29. The van der Waals surface area contributed by atoms with E-state index in [2.05, 4.69) is 10.6 Å². The molecule has 1 rings (SSSR count). The number of benzene rings is 1. The van der Waals surface area contributed by atoms with Crippen LogP contribution in [0.25, 0.3) is 0 Å². The van der Waals surface area contributed by atoms with Crippen LogP contribution in [0.15, 0.2) is 30.3 Å². The molecular formula is C16H21N3O7. The van der Waals surface area contributed by atoms with E-state index in [9.17, 15) is 24.3 Å². The first-order chi connectivity index (χ1) is 12.2. The molecule has 6 N–H and O–H groups in total. The van der Waals surface area contributed by atoms with Gasteiger partial charge in [-0.2, -0.15) is 0 Å². The van der Waals surface area contributed by atoms with Crippen LogP contribution in [0.5, 0.6) is 0 Å². The van der Waals surface area contributed by atoms with Crippen LogP contribution in [-0.2, 0) is 25.7 Å². The fourth-order valence-corrected chi connectivity index (χ4v) is 1.96. The van der Waals surface area contributed by atoms with Gasteiger partial charge in [-0.3, -0.25) is 14.4 Å². The highest BCUT2D eigenvalue weighted by molar-refractivity contribution is 5.92. The van der Waals surface area contributed by atoms with Crippen molar-refractivity contribution in [1.29, 1.82) is 0 Å². The van der Waals surface area contributed by atoms with Gasteiger partial charge in [0.15, 0.2) is 0 Å². The molecule has 0 aliphatic carbocycles. The first kappa shape index (κ1) is 20.9. The first-order valence-corrected chi connectivity index (χ1v) is 7.67. The molecule has 0 aliphatic heterocycles. The summed E-state index contributed by atoms with van der Waals surface area (Å²) in [4.78, 5) is 45.9. The number of rotatable bonds is 9. The molecule has 0 bridgehead atoms. The monoisotopic (exact) mass is 367 g/mol. The minimum absolute atomic E-state index is 0.0518. The summed E-state index contributed by atoms with van der Waals surface area (Å²) in [6, 6.07) is 5.83. The van der Waals surface area contributed by atoms with Crippen molar-refractivity contribution in [2.45, 2.75) is 38.1 Å². The first-order valence-electron chi connectivity index (χ1n) is 7.67. The van der Waals surface area contributed by atoms with Crippen molar-refractivity contribution in [1.82, 2.24) is 10.6 Å². The number of aliphatic carboxylic acids is 1. The van der Waals surface area contributed by atoms with E-state index in [0.717, 1.165) is 5.56 Å². The molecule has 0 radical (unpaired) electrons. The summed E-state index contributed by atoms with van der Waals surface area (Å²) in [5.74, 6) is -3.38. The second kappa shape index (κ2) is 9.99. The minimum atomic E-state index is -1.48. The number of primary amides is 1. The van der Waals surface area contributed by atoms with Gasteiger partial charge in [0, 0.05) is 0 Å². The van der Waals surface area contributed by atoms with Gasteiger partial charge in [-0.05, 0) is 12.5 Å². The lowest BCUT2D eigenvalue weighted by Gasteiger charge is -2.22. The van der Waals surface area contributed by atoms with Crippen LogP contribution in [0.2, 0.25) is 0 Å². The molecule has 3 amide bonds. The molecule has 0 aromatic heterocycles. The lowest BCUT2D eigenvalue weighted by molar-refractivity contribution is -0.140. The Kier molecular flexibility index (Phi) is 8.03. The lowest BCUT2D eigenvalue weighted by atomic mass is 10.1. The molecule has 1 aromatic rings. The normalized spacial score (nSPS) is 13.8. The van der Waals surface area contributed by atoms with E-state index in [4.69, 9.17) is 15.6 Å². The zero-order chi connectivity index (χ0) is 19.7. The summed E-state index contributed by atoms with van der Waals surface area (Å²) in [6.45, 7) is 1.18. The van der Waals surface area contributed by atoms with Crippen molar-refractivity contribution in [3.63, 3.8) is 0 Å². The van der Waals surface area contributed by atoms with Crippen LogP contribution < -0.4 is 16.4 Å². The van der Waals surface area contributed by atoms with Crippen molar-refractivity contribution < 1.29 is 34.1 Å². The van der Waals surface area contributed by atoms with Crippen molar-refractivity contribution >= 4 is 23.9 Å². The number of carboxylic acids is 1. The molecule has 3 atom stereocenters. The molecule has 142 valence electrons. The Morgan fingerprint density at radius 2 is 1.77 bits per heavy atom. The van der Waals surface area contributed by atoms with Crippen LogP contribution in [0.3, 0.4) is 0 Å². The Bertz CT molecular complexity index is 649. The summed E-state index contributed by atoms with van der Waals surface area (Å²) in [5.41, 5.74) is 5.75. The van der Waals surface area contributed by atoms with Gasteiger partial charge in [0.1, 0.15) is 18.7 Å².